The van der Waals surface area contributed by atoms with Crippen LogP contribution >= 0.6 is 0 Å². The molecule has 1 aromatic rings. The average Bonchev–Trinajstić information content (AvgIpc) is 2.77. The molecule has 1 rings (SSSR count). The standard InChI is InChI=1S/C10H17F3N4O2/c1-18-6-5-14-7-8-16-17-9(19-8)15-4-2-3-10(11,12)13/h14H,2-7H2,1H3,(H,15,17). The molecule has 0 aliphatic heterocycles. The van der Waals surface area contributed by atoms with Crippen molar-refractivity contribution in [2.75, 3.05) is 32.1 Å². The molecule has 0 fully saturated rings. The summed E-state index contributed by atoms with van der Waals surface area (Å²) in [4.78, 5) is 0. The summed E-state index contributed by atoms with van der Waals surface area (Å²) >= 11 is 0. The van der Waals surface area contributed by atoms with Crippen LogP contribution < -0.4 is 10.6 Å². The number of anilines is 1. The van der Waals surface area contributed by atoms with Gasteiger partial charge in [-0.3, -0.25) is 0 Å². The highest BCUT2D eigenvalue weighted by Crippen LogP contribution is 2.21. The van der Waals surface area contributed by atoms with E-state index in [9.17, 15) is 13.2 Å². The highest BCUT2D eigenvalue weighted by Gasteiger charge is 2.25. The third kappa shape index (κ3) is 7.62. The summed E-state index contributed by atoms with van der Waals surface area (Å²) < 4.78 is 45.7. The van der Waals surface area contributed by atoms with Crippen LogP contribution in [0, 0.1) is 0 Å². The van der Waals surface area contributed by atoms with Crippen LogP contribution in [0.15, 0.2) is 4.42 Å². The van der Waals surface area contributed by atoms with Gasteiger partial charge in [0.25, 0.3) is 0 Å². The van der Waals surface area contributed by atoms with E-state index in [-0.39, 0.29) is 19.0 Å². The molecule has 110 valence electrons. The fourth-order valence-corrected chi connectivity index (χ4v) is 1.25. The number of nitrogens with one attached hydrogen (secondary N) is 2. The molecular formula is C10H17F3N4O2. The minimum atomic E-state index is -4.13. The summed E-state index contributed by atoms with van der Waals surface area (Å²) in [6, 6.07) is 0.130. The van der Waals surface area contributed by atoms with E-state index >= 15 is 0 Å². The Labute approximate surface area is 108 Å². The molecule has 0 atom stereocenters. The van der Waals surface area contributed by atoms with Crippen molar-refractivity contribution < 1.29 is 22.3 Å². The molecule has 0 unspecified atom stereocenters. The second kappa shape index (κ2) is 7.95. The molecular weight excluding hydrogens is 265 g/mol. The van der Waals surface area contributed by atoms with Crippen LogP contribution in [0.5, 0.6) is 0 Å². The molecule has 0 aliphatic carbocycles. The average molecular weight is 282 g/mol. The van der Waals surface area contributed by atoms with Gasteiger partial charge >= 0.3 is 12.2 Å². The smallest absolute Gasteiger partial charge is 0.389 e. The Balaban J connectivity index is 2.16. The van der Waals surface area contributed by atoms with Crippen LogP contribution in [0.25, 0.3) is 0 Å². The van der Waals surface area contributed by atoms with Crippen LogP contribution in [-0.2, 0) is 11.3 Å². The SMILES string of the molecule is COCCNCc1nnc(NCCCC(F)(F)F)o1. The lowest BCUT2D eigenvalue weighted by Gasteiger charge is -2.05. The molecule has 1 heterocycles. The number of methoxy groups -OCH3 is 1. The van der Waals surface area contributed by atoms with Gasteiger partial charge in [-0.15, -0.1) is 5.10 Å². The first-order valence-electron chi connectivity index (χ1n) is 5.84. The normalized spacial score (nSPS) is 11.8. The van der Waals surface area contributed by atoms with E-state index in [0.29, 0.717) is 25.6 Å². The number of hydrogen-bond donors (Lipinski definition) is 2. The van der Waals surface area contributed by atoms with Gasteiger partial charge in [-0.1, -0.05) is 5.10 Å². The van der Waals surface area contributed by atoms with Crippen LogP contribution in [0.4, 0.5) is 19.2 Å². The summed E-state index contributed by atoms with van der Waals surface area (Å²) in [5.41, 5.74) is 0. The maximum atomic E-state index is 11.9. The third-order valence-corrected chi connectivity index (χ3v) is 2.14. The van der Waals surface area contributed by atoms with Gasteiger partial charge in [0.2, 0.25) is 5.89 Å². The highest BCUT2D eigenvalue weighted by molar-refractivity contribution is 5.16. The highest BCUT2D eigenvalue weighted by atomic mass is 19.4. The molecule has 0 amide bonds. The number of rotatable bonds is 9. The summed E-state index contributed by atoms with van der Waals surface area (Å²) in [6.45, 7) is 1.74. The van der Waals surface area contributed by atoms with E-state index in [1.807, 2.05) is 0 Å². The number of hydrogen-bond acceptors (Lipinski definition) is 6. The maximum Gasteiger partial charge on any atom is 0.389 e. The Bertz CT molecular complexity index is 357. The third-order valence-electron chi connectivity index (χ3n) is 2.14. The first-order valence-corrected chi connectivity index (χ1v) is 5.84. The van der Waals surface area contributed by atoms with Crippen molar-refractivity contribution in [3.05, 3.63) is 5.89 Å². The van der Waals surface area contributed by atoms with Crippen LogP contribution in [0.2, 0.25) is 0 Å². The van der Waals surface area contributed by atoms with Crippen molar-refractivity contribution >= 4 is 6.01 Å². The summed E-state index contributed by atoms with van der Waals surface area (Å²) in [5, 5.41) is 13.1. The van der Waals surface area contributed by atoms with E-state index < -0.39 is 12.6 Å². The Morgan fingerprint density at radius 3 is 2.74 bits per heavy atom. The largest absolute Gasteiger partial charge is 0.407 e. The number of alkyl halides is 3. The van der Waals surface area contributed by atoms with Gasteiger partial charge in [-0.05, 0) is 6.42 Å². The molecule has 0 aliphatic rings. The number of halogens is 3. The van der Waals surface area contributed by atoms with Crippen LogP contribution in [-0.4, -0.2) is 43.2 Å². The van der Waals surface area contributed by atoms with E-state index in [0.717, 1.165) is 0 Å². The van der Waals surface area contributed by atoms with Gasteiger partial charge in [-0.2, -0.15) is 13.2 Å². The number of ether oxygens (including phenoxy) is 1. The zero-order chi connectivity index (χ0) is 14.1. The Hall–Kier alpha value is -1.35. The van der Waals surface area contributed by atoms with Crippen molar-refractivity contribution in [2.24, 2.45) is 0 Å². The monoisotopic (exact) mass is 282 g/mol. The predicted molar refractivity (Wildman–Crippen MR) is 61.7 cm³/mol. The molecule has 0 radical (unpaired) electrons. The van der Waals surface area contributed by atoms with Crippen molar-refractivity contribution in [2.45, 2.75) is 25.6 Å². The first kappa shape index (κ1) is 15.7. The second-order valence-corrected chi connectivity index (χ2v) is 3.82. The molecule has 0 aromatic carbocycles. The van der Waals surface area contributed by atoms with E-state index in [1.54, 1.807) is 7.11 Å². The molecule has 19 heavy (non-hydrogen) atoms. The minimum Gasteiger partial charge on any atom is -0.407 e. The van der Waals surface area contributed by atoms with Gasteiger partial charge in [0.05, 0.1) is 13.2 Å². The fourth-order valence-electron chi connectivity index (χ4n) is 1.25. The van der Waals surface area contributed by atoms with Crippen LogP contribution in [0.3, 0.4) is 0 Å². The fraction of sp³-hybridized carbons (Fsp3) is 0.800. The lowest BCUT2D eigenvalue weighted by Crippen LogP contribution is -2.18. The van der Waals surface area contributed by atoms with E-state index in [1.165, 1.54) is 0 Å². The molecule has 1 aromatic heterocycles. The van der Waals surface area contributed by atoms with Crippen molar-refractivity contribution in [1.29, 1.82) is 0 Å². The second-order valence-electron chi connectivity index (χ2n) is 3.82. The van der Waals surface area contributed by atoms with Gasteiger partial charge in [0.1, 0.15) is 0 Å². The van der Waals surface area contributed by atoms with Gasteiger partial charge in [0, 0.05) is 26.6 Å². The number of nitrogens with zero attached hydrogens (tertiary/aromatic N) is 2. The lowest BCUT2D eigenvalue weighted by molar-refractivity contribution is -0.134. The molecule has 2 N–H and O–H groups in total. The molecule has 9 heteroatoms. The molecule has 0 spiro atoms. The van der Waals surface area contributed by atoms with E-state index in [4.69, 9.17) is 9.15 Å². The zero-order valence-electron chi connectivity index (χ0n) is 10.6. The van der Waals surface area contributed by atoms with E-state index in [2.05, 4.69) is 20.8 Å². The lowest BCUT2D eigenvalue weighted by atomic mass is 10.3. The summed E-state index contributed by atoms with van der Waals surface area (Å²) in [6.07, 6.45) is -5.00. The molecule has 0 saturated heterocycles. The van der Waals surface area contributed by atoms with Gasteiger partial charge < -0.3 is 19.8 Å². The van der Waals surface area contributed by atoms with Crippen LogP contribution in [0.1, 0.15) is 18.7 Å². The zero-order valence-corrected chi connectivity index (χ0v) is 10.6. The predicted octanol–water partition coefficient (Wildman–Crippen LogP) is 1.56. The first-order chi connectivity index (χ1) is 9.01. The Morgan fingerprint density at radius 1 is 1.26 bits per heavy atom. The molecule has 6 nitrogen and oxygen atoms in total. The molecule has 0 saturated carbocycles. The Morgan fingerprint density at radius 2 is 2.05 bits per heavy atom. The maximum absolute atomic E-state index is 11.9. The topological polar surface area (TPSA) is 72.2 Å². The van der Waals surface area contributed by atoms with Gasteiger partial charge in [0.15, 0.2) is 0 Å². The minimum absolute atomic E-state index is 0.0344. The summed E-state index contributed by atoms with van der Waals surface area (Å²) in [7, 11) is 1.59. The van der Waals surface area contributed by atoms with Gasteiger partial charge in [-0.25, -0.2) is 0 Å². The molecule has 0 bridgehead atoms. The van der Waals surface area contributed by atoms with Crippen molar-refractivity contribution in [3.63, 3.8) is 0 Å². The van der Waals surface area contributed by atoms with Crippen molar-refractivity contribution in [1.82, 2.24) is 15.5 Å². The Kier molecular flexibility index (Phi) is 6.57. The quantitative estimate of drug-likeness (QED) is 0.670. The number of aromatic nitrogens is 2. The van der Waals surface area contributed by atoms with Crippen molar-refractivity contribution in [3.8, 4) is 0 Å². The summed E-state index contributed by atoms with van der Waals surface area (Å²) in [5.74, 6) is 0.370.